The molecule has 3 aromatic rings. The van der Waals surface area contributed by atoms with E-state index in [0.717, 1.165) is 37.3 Å². The van der Waals surface area contributed by atoms with Gasteiger partial charge in [-0.15, -0.1) is 0 Å². The summed E-state index contributed by atoms with van der Waals surface area (Å²) in [6.45, 7) is 0. The van der Waals surface area contributed by atoms with Gasteiger partial charge in [0.25, 0.3) is 11.8 Å². The predicted octanol–water partition coefficient (Wildman–Crippen LogP) is 4.68. The Bertz CT molecular complexity index is 1200. The van der Waals surface area contributed by atoms with E-state index in [9.17, 15) is 9.59 Å². The summed E-state index contributed by atoms with van der Waals surface area (Å²) in [6, 6.07) is 21.9. The summed E-state index contributed by atoms with van der Waals surface area (Å²) in [4.78, 5) is 27.0. The van der Waals surface area contributed by atoms with Crippen molar-refractivity contribution in [2.75, 3.05) is 7.11 Å². The van der Waals surface area contributed by atoms with Crippen molar-refractivity contribution in [2.45, 2.75) is 11.8 Å². The van der Waals surface area contributed by atoms with Crippen LogP contribution in [0.25, 0.3) is 0 Å². The summed E-state index contributed by atoms with van der Waals surface area (Å²) in [5, 5.41) is 5.43. The van der Waals surface area contributed by atoms with E-state index in [1.165, 1.54) is 0 Å². The average molecular weight is 487 g/mol. The second kappa shape index (κ2) is 7.14. The smallest absolute Gasteiger partial charge is 0.254 e. The van der Waals surface area contributed by atoms with E-state index < -0.39 is 11.8 Å². The Balaban J connectivity index is 1.41. The summed E-state index contributed by atoms with van der Waals surface area (Å²) in [5.41, 5.74) is 5.39. The molecule has 2 bridgehead atoms. The Morgan fingerprint density at radius 1 is 0.844 bits per heavy atom. The molecule has 0 aromatic heterocycles. The van der Waals surface area contributed by atoms with Crippen LogP contribution < -0.4 is 4.74 Å². The van der Waals surface area contributed by atoms with Gasteiger partial charge in [-0.3, -0.25) is 9.59 Å². The minimum Gasteiger partial charge on any atom is -0.496 e. The number of nitrogens with zero attached hydrogens (tertiary/aromatic N) is 2. The lowest BCUT2D eigenvalue weighted by Crippen LogP contribution is -2.41. The van der Waals surface area contributed by atoms with Crippen molar-refractivity contribution >= 4 is 34.0 Å². The van der Waals surface area contributed by atoms with Gasteiger partial charge in [-0.2, -0.15) is 10.1 Å². The van der Waals surface area contributed by atoms with Crippen LogP contribution in [0.4, 0.5) is 0 Å². The van der Waals surface area contributed by atoms with Crippen LogP contribution in [0.1, 0.15) is 39.7 Å². The second-order valence-electron chi connectivity index (χ2n) is 8.39. The molecule has 0 N–H and O–H groups in total. The van der Waals surface area contributed by atoms with Crippen molar-refractivity contribution in [3.8, 4) is 5.75 Å². The van der Waals surface area contributed by atoms with Crippen LogP contribution in [0.3, 0.4) is 0 Å². The zero-order chi connectivity index (χ0) is 22.0. The van der Waals surface area contributed by atoms with Gasteiger partial charge < -0.3 is 4.74 Å². The molecule has 2 atom stereocenters. The van der Waals surface area contributed by atoms with E-state index in [4.69, 9.17) is 4.74 Å². The molecule has 0 spiro atoms. The van der Waals surface area contributed by atoms with Crippen LogP contribution in [-0.2, 0) is 9.59 Å². The number of imide groups is 1. The zero-order valence-electron chi connectivity index (χ0n) is 17.2. The fourth-order valence-corrected chi connectivity index (χ4v) is 6.22. The third kappa shape index (κ3) is 2.59. The first-order valence-electron chi connectivity index (χ1n) is 10.5. The largest absolute Gasteiger partial charge is 0.496 e. The van der Waals surface area contributed by atoms with Gasteiger partial charge in [0.05, 0.1) is 29.6 Å². The highest BCUT2D eigenvalue weighted by Crippen LogP contribution is 2.60. The first-order valence-corrected chi connectivity index (χ1v) is 11.3. The van der Waals surface area contributed by atoms with Crippen molar-refractivity contribution in [3.63, 3.8) is 0 Å². The molecule has 3 aliphatic carbocycles. The molecule has 5 nitrogen and oxygen atoms in total. The fourth-order valence-electron chi connectivity index (χ4n) is 5.66. The van der Waals surface area contributed by atoms with Gasteiger partial charge in [-0.1, -0.05) is 48.5 Å². The second-order valence-corrected chi connectivity index (χ2v) is 9.25. The monoisotopic (exact) mass is 486 g/mol. The lowest BCUT2D eigenvalue weighted by atomic mass is 9.55. The van der Waals surface area contributed by atoms with E-state index in [2.05, 4.69) is 45.3 Å². The highest BCUT2D eigenvalue weighted by molar-refractivity contribution is 9.10. The lowest BCUT2D eigenvalue weighted by Gasteiger charge is -2.45. The number of hydrazone groups is 1. The maximum atomic E-state index is 13.5. The zero-order valence-corrected chi connectivity index (χ0v) is 18.8. The molecular formula is C26H19BrN2O3. The molecule has 4 aliphatic rings. The number of carbonyl (C=O) groups is 2. The normalized spacial score (nSPS) is 25.1. The molecule has 7 rings (SSSR count). The molecule has 1 fully saturated rings. The summed E-state index contributed by atoms with van der Waals surface area (Å²) in [5.74, 6) is -0.818. The van der Waals surface area contributed by atoms with Gasteiger partial charge in [0.15, 0.2) is 0 Å². The summed E-state index contributed by atoms with van der Waals surface area (Å²) >= 11 is 3.46. The Hall–Kier alpha value is -3.25. The number of amides is 2. The number of rotatable bonds is 3. The Morgan fingerprint density at radius 3 is 1.78 bits per heavy atom. The number of halogens is 1. The molecule has 0 saturated carbocycles. The molecule has 0 radical (unpaired) electrons. The quantitative estimate of drug-likeness (QED) is 0.398. The molecule has 1 heterocycles. The molecule has 32 heavy (non-hydrogen) atoms. The predicted molar refractivity (Wildman–Crippen MR) is 124 cm³/mol. The fraction of sp³-hybridized carbons (Fsp3) is 0.192. The molecule has 1 aliphatic heterocycles. The summed E-state index contributed by atoms with van der Waals surface area (Å²) < 4.78 is 6.04. The lowest BCUT2D eigenvalue weighted by molar-refractivity contribution is -0.139. The summed E-state index contributed by atoms with van der Waals surface area (Å²) in [7, 11) is 1.60. The molecule has 158 valence electrons. The summed E-state index contributed by atoms with van der Waals surface area (Å²) in [6.07, 6.45) is 1.56. The van der Waals surface area contributed by atoms with Gasteiger partial charge in [-0.05, 0) is 61.9 Å². The highest BCUT2D eigenvalue weighted by Gasteiger charge is 2.61. The van der Waals surface area contributed by atoms with Crippen molar-refractivity contribution in [2.24, 2.45) is 16.9 Å². The number of hydrogen-bond acceptors (Lipinski definition) is 4. The van der Waals surface area contributed by atoms with Gasteiger partial charge in [0.1, 0.15) is 5.75 Å². The van der Waals surface area contributed by atoms with E-state index in [-0.39, 0.29) is 23.7 Å². The highest BCUT2D eigenvalue weighted by atomic mass is 79.9. The first-order chi connectivity index (χ1) is 15.6. The van der Waals surface area contributed by atoms with Gasteiger partial charge in [0.2, 0.25) is 0 Å². The van der Waals surface area contributed by atoms with Crippen LogP contribution in [0.15, 0.2) is 76.3 Å². The first kappa shape index (κ1) is 19.4. The standard InChI is InChI=1S/C26H19BrN2O3/c1-32-20-11-10-14(12-19(20)27)13-28-29-25(30)23-21-15-6-2-3-7-16(15)22(24(23)26(29)31)18-9-5-4-8-17(18)21/h2-13,21-24H,1H3/b28-13-/t21?,22?,23-,24-/m0/s1. The van der Waals surface area contributed by atoms with Crippen LogP contribution in [0, 0.1) is 11.8 Å². The van der Waals surface area contributed by atoms with Gasteiger partial charge in [-0.25, -0.2) is 0 Å². The minimum absolute atomic E-state index is 0.121. The van der Waals surface area contributed by atoms with E-state index in [1.807, 2.05) is 42.5 Å². The molecule has 2 amide bonds. The number of methoxy groups -OCH3 is 1. The van der Waals surface area contributed by atoms with E-state index in [1.54, 1.807) is 13.3 Å². The maximum Gasteiger partial charge on any atom is 0.254 e. The van der Waals surface area contributed by atoms with Crippen molar-refractivity contribution in [3.05, 3.63) is 99.0 Å². The molecular weight excluding hydrogens is 468 g/mol. The van der Waals surface area contributed by atoms with E-state index >= 15 is 0 Å². The van der Waals surface area contributed by atoms with Crippen molar-refractivity contribution < 1.29 is 14.3 Å². The third-order valence-electron chi connectivity index (χ3n) is 6.92. The average Bonchev–Trinajstić information content (AvgIpc) is 3.08. The SMILES string of the molecule is COc1ccc(/C=N\N2C(=O)[C@H]3C4c5ccccc5C(c5ccccc54)[C@@H]3C2=O)cc1Br. The minimum atomic E-state index is -0.419. The van der Waals surface area contributed by atoms with Crippen LogP contribution >= 0.6 is 15.9 Å². The molecule has 3 aromatic carbocycles. The molecule has 1 saturated heterocycles. The molecule has 6 heteroatoms. The topological polar surface area (TPSA) is 59.0 Å². The maximum absolute atomic E-state index is 13.5. The van der Waals surface area contributed by atoms with Crippen LogP contribution in [0.2, 0.25) is 0 Å². The third-order valence-corrected chi connectivity index (χ3v) is 7.54. The van der Waals surface area contributed by atoms with Crippen molar-refractivity contribution in [1.29, 1.82) is 0 Å². The molecule has 0 unspecified atom stereocenters. The Labute approximate surface area is 193 Å². The number of hydrogen-bond donors (Lipinski definition) is 0. The Kier molecular flexibility index (Phi) is 4.33. The van der Waals surface area contributed by atoms with Crippen molar-refractivity contribution in [1.82, 2.24) is 5.01 Å². The number of carbonyl (C=O) groups excluding carboxylic acids is 2. The van der Waals surface area contributed by atoms with Gasteiger partial charge in [0, 0.05) is 11.8 Å². The van der Waals surface area contributed by atoms with Crippen LogP contribution in [-0.4, -0.2) is 30.1 Å². The Morgan fingerprint density at radius 2 is 1.34 bits per heavy atom. The van der Waals surface area contributed by atoms with E-state index in [0.29, 0.717) is 5.75 Å². The van der Waals surface area contributed by atoms with Crippen LogP contribution in [0.5, 0.6) is 5.75 Å². The number of benzene rings is 3. The van der Waals surface area contributed by atoms with Gasteiger partial charge >= 0.3 is 0 Å². The number of ether oxygens (including phenoxy) is 1.